The third-order valence-corrected chi connectivity index (χ3v) is 5.20. The monoisotopic (exact) mass is 408 g/mol. The predicted molar refractivity (Wildman–Crippen MR) is 108 cm³/mol. The highest BCUT2D eigenvalue weighted by Gasteiger charge is 2.19. The zero-order valence-electron chi connectivity index (χ0n) is 15.6. The van der Waals surface area contributed by atoms with Crippen molar-refractivity contribution in [3.63, 3.8) is 0 Å². The van der Waals surface area contributed by atoms with Crippen LogP contribution in [-0.4, -0.2) is 22.0 Å². The van der Waals surface area contributed by atoms with Gasteiger partial charge in [-0.25, -0.2) is 0 Å². The fraction of sp³-hybridized carbons (Fsp3) is 0.100. The summed E-state index contributed by atoms with van der Waals surface area (Å²) < 4.78 is 10.1. The van der Waals surface area contributed by atoms with E-state index in [9.17, 15) is 9.59 Å². The molecule has 0 radical (unpaired) electrons. The molecule has 3 aromatic heterocycles. The number of benzene rings is 1. The third-order valence-electron chi connectivity index (χ3n) is 4.05. The van der Waals surface area contributed by atoms with Gasteiger partial charge in [-0.05, 0) is 42.8 Å². The lowest BCUT2D eigenvalue weighted by atomic mass is 10.1. The van der Waals surface area contributed by atoms with Gasteiger partial charge in [0.15, 0.2) is 5.76 Å². The minimum atomic E-state index is -0.374. The molecule has 9 heteroatoms. The van der Waals surface area contributed by atoms with E-state index in [-0.39, 0.29) is 17.6 Å². The first-order valence-corrected chi connectivity index (χ1v) is 9.49. The van der Waals surface area contributed by atoms with Crippen molar-refractivity contribution in [1.82, 2.24) is 10.1 Å². The largest absolute Gasteiger partial charge is 0.459 e. The number of aryl methyl sites for hydroxylation is 2. The number of aromatic nitrogens is 2. The number of anilines is 2. The first kappa shape index (κ1) is 18.6. The molecule has 0 fully saturated rings. The zero-order chi connectivity index (χ0) is 20.4. The van der Waals surface area contributed by atoms with Crippen LogP contribution >= 0.6 is 11.3 Å². The second-order valence-electron chi connectivity index (χ2n) is 6.19. The molecule has 4 rings (SSSR count). The summed E-state index contributed by atoms with van der Waals surface area (Å²) in [6, 6.07) is 12.2. The summed E-state index contributed by atoms with van der Waals surface area (Å²) in [5, 5.41) is 10.1. The Bertz CT molecular complexity index is 1180. The molecular weight excluding hydrogens is 392 g/mol. The summed E-state index contributed by atoms with van der Waals surface area (Å²) in [4.78, 5) is 29.7. The van der Waals surface area contributed by atoms with Gasteiger partial charge in [0.05, 0.1) is 21.8 Å². The van der Waals surface area contributed by atoms with Crippen LogP contribution in [0, 0.1) is 13.8 Å². The molecule has 0 saturated heterocycles. The predicted octanol–water partition coefficient (Wildman–Crippen LogP) is 4.51. The molecule has 8 nitrogen and oxygen atoms in total. The van der Waals surface area contributed by atoms with Crippen LogP contribution in [0.4, 0.5) is 10.7 Å². The van der Waals surface area contributed by atoms with E-state index >= 15 is 0 Å². The number of thiophene rings is 1. The summed E-state index contributed by atoms with van der Waals surface area (Å²) in [6.07, 6.45) is 1.43. The highest BCUT2D eigenvalue weighted by Crippen LogP contribution is 2.30. The number of furan rings is 1. The van der Waals surface area contributed by atoms with E-state index in [4.69, 9.17) is 8.94 Å². The maximum Gasteiger partial charge on any atom is 0.291 e. The molecule has 0 spiro atoms. The normalized spacial score (nSPS) is 10.7. The van der Waals surface area contributed by atoms with Crippen molar-refractivity contribution in [3.8, 4) is 11.4 Å². The van der Waals surface area contributed by atoms with Crippen molar-refractivity contribution in [2.45, 2.75) is 13.8 Å². The number of nitrogens with one attached hydrogen (secondary N) is 2. The van der Waals surface area contributed by atoms with Gasteiger partial charge >= 0.3 is 0 Å². The Hall–Kier alpha value is -3.72. The highest BCUT2D eigenvalue weighted by atomic mass is 32.1. The maximum atomic E-state index is 12.9. The number of hydrogen-bond donors (Lipinski definition) is 2. The molecule has 3 heterocycles. The minimum absolute atomic E-state index is 0.200. The Kier molecular flexibility index (Phi) is 4.96. The molecule has 29 heavy (non-hydrogen) atoms. The average molecular weight is 408 g/mol. The van der Waals surface area contributed by atoms with Crippen LogP contribution in [0.25, 0.3) is 11.4 Å². The van der Waals surface area contributed by atoms with Gasteiger partial charge in [0.25, 0.3) is 11.8 Å². The first-order chi connectivity index (χ1) is 14.0. The fourth-order valence-electron chi connectivity index (χ4n) is 2.73. The molecule has 0 atom stereocenters. The quantitative estimate of drug-likeness (QED) is 0.503. The van der Waals surface area contributed by atoms with Gasteiger partial charge in [-0.1, -0.05) is 17.3 Å². The van der Waals surface area contributed by atoms with Gasteiger partial charge in [-0.2, -0.15) is 4.98 Å². The van der Waals surface area contributed by atoms with E-state index in [2.05, 4.69) is 20.8 Å². The Labute approximate surface area is 169 Å². The van der Waals surface area contributed by atoms with Crippen molar-refractivity contribution < 1.29 is 18.5 Å². The summed E-state index contributed by atoms with van der Waals surface area (Å²) in [6.45, 7) is 3.51. The Balaban J connectivity index is 1.54. The van der Waals surface area contributed by atoms with E-state index in [0.29, 0.717) is 32.8 Å². The summed E-state index contributed by atoms with van der Waals surface area (Å²) in [5.41, 5.74) is 1.96. The van der Waals surface area contributed by atoms with Crippen molar-refractivity contribution in [1.29, 1.82) is 0 Å². The van der Waals surface area contributed by atoms with Gasteiger partial charge < -0.3 is 19.6 Å². The molecule has 4 aromatic rings. The van der Waals surface area contributed by atoms with Gasteiger partial charge in [0.2, 0.25) is 11.7 Å². The number of para-hydroxylation sites is 1. The second-order valence-corrected chi connectivity index (χ2v) is 7.24. The number of rotatable bonds is 5. The van der Waals surface area contributed by atoms with Gasteiger partial charge in [-0.15, -0.1) is 11.3 Å². The number of amides is 2. The SMILES string of the molecule is Cc1nc(-c2ccccc2NC(=O)c2sc(NC(=O)c3ccco3)cc2C)no1. The van der Waals surface area contributed by atoms with Crippen molar-refractivity contribution >= 4 is 33.8 Å². The summed E-state index contributed by atoms with van der Waals surface area (Å²) in [5.74, 6) is 0.367. The van der Waals surface area contributed by atoms with Crippen LogP contribution in [0.3, 0.4) is 0 Å². The van der Waals surface area contributed by atoms with Crippen LogP contribution in [0.5, 0.6) is 0 Å². The molecule has 0 aliphatic rings. The summed E-state index contributed by atoms with van der Waals surface area (Å²) in [7, 11) is 0. The topological polar surface area (TPSA) is 110 Å². The van der Waals surface area contributed by atoms with Crippen LogP contribution < -0.4 is 10.6 Å². The molecule has 1 aromatic carbocycles. The lowest BCUT2D eigenvalue weighted by Gasteiger charge is -2.08. The molecule has 0 saturated carbocycles. The molecule has 0 aliphatic heterocycles. The molecule has 0 unspecified atom stereocenters. The third kappa shape index (κ3) is 3.94. The first-order valence-electron chi connectivity index (χ1n) is 8.67. The molecule has 2 N–H and O–H groups in total. The van der Waals surface area contributed by atoms with E-state index in [1.807, 2.05) is 19.1 Å². The van der Waals surface area contributed by atoms with Crippen molar-refractivity contribution in [2.75, 3.05) is 10.6 Å². The zero-order valence-corrected chi connectivity index (χ0v) is 16.4. The van der Waals surface area contributed by atoms with Crippen molar-refractivity contribution in [3.05, 3.63) is 70.8 Å². The van der Waals surface area contributed by atoms with E-state index in [1.54, 1.807) is 37.3 Å². The van der Waals surface area contributed by atoms with Crippen LogP contribution in [-0.2, 0) is 0 Å². The fourth-order valence-corrected chi connectivity index (χ4v) is 3.69. The molecule has 0 aliphatic carbocycles. The van der Waals surface area contributed by atoms with Crippen LogP contribution in [0.15, 0.2) is 57.7 Å². The van der Waals surface area contributed by atoms with Crippen LogP contribution in [0.1, 0.15) is 31.7 Å². The number of hydrogen-bond acceptors (Lipinski definition) is 7. The lowest BCUT2D eigenvalue weighted by Crippen LogP contribution is -2.12. The summed E-state index contributed by atoms with van der Waals surface area (Å²) >= 11 is 1.18. The van der Waals surface area contributed by atoms with E-state index in [0.717, 1.165) is 5.56 Å². The number of nitrogens with zero attached hydrogens (tertiary/aromatic N) is 2. The Morgan fingerprint density at radius 3 is 2.59 bits per heavy atom. The average Bonchev–Trinajstić information content (AvgIpc) is 3.43. The number of carbonyl (C=O) groups is 2. The van der Waals surface area contributed by atoms with Gasteiger partial charge in [0.1, 0.15) is 0 Å². The minimum Gasteiger partial charge on any atom is -0.459 e. The Morgan fingerprint density at radius 1 is 1.03 bits per heavy atom. The van der Waals surface area contributed by atoms with E-state index in [1.165, 1.54) is 17.6 Å². The number of carbonyl (C=O) groups excluding carboxylic acids is 2. The highest BCUT2D eigenvalue weighted by molar-refractivity contribution is 7.18. The molecule has 146 valence electrons. The van der Waals surface area contributed by atoms with Gasteiger partial charge in [0, 0.05) is 12.5 Å². The second kappa shape index (κ2) is 7.72. The lowest BCUT2D eigenvalue weighted by molar-refractivity contribution is 0.0995. The standard InChI is InChI=1S/C20H16N4O4S/c1-11-10-16(23-19(25)15-8-5-9-27-15)29-17(11)20(26)22-14-7-4-3-6-13(14)18-21-12(2)28-24-18/h3-10H,1-2H3,(H,22,26)(H,23,25). The van der Waals surface area contributed by atoms with Gasteiger partial charge in [-0.3, -0.25) is 9.59 Å². The molecule has 0 bridgehead atoms. The maximum absolute atomic E-state index is 12.9. The van der Waals surface area contributed by atoms with Crippen LogP contribution in [0.2, 0.25) is 0 Å². The van der Waals surface area contributed by atoms with E-state index < -0.39 is 0 Å². The molecular formula is C20H16N4O4S. The Morgan fingerprint density at radius 2 is 1.86 bits per heavy atom. The van der Waals surface area contributed by atoms with Crippen molar-refractivity contribution in [2.24, 2.45) is 0 Å². The smallest absolute Gasteiger partial charge is 0.291 e. The molecule has 2 amide bonds.